The molecule has 0 heterocycles. The van der Waals surface area contributed by atoms with Crippen LogP contribution in [0.1, 0.15) is 20.7 Å². The van der Waals surface area contributed by atoms with Crippen molar-refractivity contribution in [2.45, 2.75) is 0 Å². The fourth-order valence-corrected chi connectivity index (χ4v) is 2.75. The topological polar surface area (TPSA) is 127 Å². The molecule has 0 aromatic heterocycles. The molecule has 6 N–H and O–H groups in total. The smallest absolute Gasteiger partial charge is 0.248 e. The lowest BCUT2D eigenvalue weighted by Crippen LogP contribution is -2.13. The molecule has 0 aliphatic heterocycles. The van der Waals surface area contributed by atoms with Crippen molar-refractivity contribution in [1.82, 2.24) is 0 Å². The number of nitrogens with two attached hydrogens (primary N) is 2. The van der Waals surface area contributed by atoms with Gasteiger partial charge >= 0.3 is 0 Å². The van der Waals surface area contributed by atoms with E-state index in [0.29, 0.717) is 11.1 Å². The zero-order chi connectivity index (χ0) is 18.8. The highest BCUT2D eigenvalue weighted by molar-refractivity contribution is 6.05. The van der Waals surface area contributed by atoms with E-state index in [0.717, 1.165) is 22.3 Å². The zero-order valence-corrected chi connectivity index (χ0v) is 13.6. The standard InChI is InChI=1S/C12H8O2.C8H8N2O2/c13-10-6-5-9-7-3-1-2-4-8(7)11(9)12(10)14;9-7(11)5-1-2-6(4-3-5)8(10)12/h1-6,13-14H;1-4H,(H2,9,11)(H2,10,12). The third-order valence-electron chi connectivity index (χ3n) is 4.10. The molecule has 0 fully saturated rings. The summed E-state index contributed by atoms with van der Waals surface area (Å²) in [4.78, 5) is 21.2. The van der Waals surface area contributed by atoms with Gasteiger partial charge in [0.05, 0.1) is 0 Å². The minimum Gasteiger partial charge on any atom is -0.504 e. The molecule has 1 aliphatic carbocycles. The first-order valence-corrected chi connectivity index (χ1v) is 7.74. The first kappa shape index (κ1) is 17.0. The van der Waals surface area contributed by atoms with Crippen LogP contribution in [0.5, 0.6) is 11.5 Å². The Kier molecular flexibility index (Phi) is 4.33. The maximum absolute atomic E-state index is 10.6. The Bertz CT molecular complexity index is 978. The lowest BCUT2D eigenvalue weighted by atomic mass is 9.80. The molecule has 0 radical (unpaired) electrons. The van der Waals surface area contributed by atoms with E-state index in [1.807, 2.05) is 30.3 Å². The average Bonchev–Trinajstić information content (AvgIpc) is 2.62. The van der Waals surface area contributed by atoms with Gasteiger partial charge in [-0.25, -0.2) is 0 Å². The van der Waals surface area contributed by atoms with Crippen LogP contribution in [-0.2, 0) is 0 Å². The molecule has 0 atom stereocenters. The fraction of sp³-hybridized carbons (Fsp3) is 0. The maximum atomic E-state index is 10.6. The van der Waals surface area contributed by atoms with Crippen molar-refractivity contribution in [2.75, 3.05) is 0 Å². The SMILES string of the molecule is NC(=O)c1ccc(C(N)=O)cc1.Oc1ccc2c(c1O)-c1ccccc1-2. The zero-order valence-electron chi connectivity index (χ0n) is 13.6. The van der Waals surface area contributed by atoms with Crippen LogP contribution in [0.15, 0.2) is 60.7 Å². The van der Waals surface area contributed by atoms with E-state index in [-0.39, 0.29) is 11.5 Å². The quantitative estimate of drug-likeness (QED) is 0.415. The van der Waals surface area contributed by atoms with Crippen molar-refractivity contribution < 1.29 is 19.8 Å². The highest BCUT2D eigenvalue weighted by Gasteiger charge is 2.26. The molecule has 0 saturated carbocycles. The Morgan fingerprint density at radius 1 is 0.654 bits per heavy atom. The largest absolute Gasteiger partial charge is 0.504 e. The van der Waals surface area contributed by atoms with Crippen molar-refractivity contribution in [2.24, 2.45) is 11.5 Å². The second kappa shape index (κ2) is 6.60. The monoisotopic (exact) mass is 348 g/mol. The number of carbonyl (C=O) groups excluding carboxylic acids is 2. The number of benzene rings is 3. The molecule has 1 aliphatic rings. The molecule has 2 amide bonds. The number of rotatable bonds is 2. The Balaban J connectivity index is 0.000000153. The first-order valence-electron chi connectivity index (χ1n) is 7.74. The van der Waals surface area contributed by atoms with Crippen molar-refractivity contribution in [3.63, 3.8) is 0 Å². The summed E-state index contributed by atoms with van der Waals surface area (Å²) in [5.41, 5.74) is 14.6. The molecule has 6 nitrogen and oxygen atoms in total. The van der Waals surface area contributed by atoms with E-state index in [2.05, 4.69) is 0 Å². The normalized spacial score (nSPS) is 10.5. The molecule has 0 spiro atoms. The molecule has 0 saturated heterocycles. The molecule has 4 rings (SSSR count). The second-order valence-electron chi connectivity index (χ2n) is 5.71. The number of phenolic OH excluding ortho intramolecular Hbond substituents is 2. The Morgan fingerprint density at radius 3 is 1.65 bits per heavy atom. The summed E-state index contributed by atoms with van der Waals surface area (Å²) in [6.07, 6.45) is 0. The molecule has 130 valence electrons. The van der Waals surface area contributed by atoms with E-state index < -0.39 is 11.8 Å². The Morgan fingerprint density at radius 2 is 1.15 bits per heavy atom. The van der Waals surface area contributed by atoms with Crippen LogP contribution in [0.4, 0.5) is 0 Å². The summed E-state index contributed by atoms with van der Waals surface area (Å²) in [5.74, 6) is -1.11. The first-order chi connectivity index (χ1) is 12.4. The van der Waals surface area contributed by atoms with Crippen LogP contribution < -0.4 is 11.5 Å². The van der Waals surface area contributed by atoms with Crippen LogP contribution in [0.3, 0.4) is 0 Å². The summed E-state index contributed by atoms with van der Waals surface area (Å²) in [5, 5.41) is 19.0. The van der Waals surface area contributed by atoms with Gasteiger partial charge in [0.25, 0.3) is 0 Å². The van der Waals surface area contributed by atoms with Crippen molar-refractivity contribution in [3.05, 3.63) is 71.8 Å². The molecule has 3 aromatic rings. The van der Waals surface area contributed by atoms with Crippen molar-refractivity contribution in [1.29, 1.82) is 0 Å². The number of carbonyl (C=O) groups is 2. The molecular weight excluding hydrogens is 332 g/mol. The highest BCUT2D eigenvalue weighted by atomic mass is 16.3. The molecular formula is C20H16N2O4. The van der Waals surface area contributed by atoms with Crippen molar-refractivity contribution >= 4 is 11.8 Å². The Hall–Kier alpha value is -3.80. The van der Waals surface area contributed by atoms with Gasteiger partial charge in [-0.15, -0.1) is 0 Å². The summed E-state index contributed by atoms with van der Waals surface area (Å²) in [6.45, 7) is 0. The van der Waals surface area contributed by atoms with Crippen LogP contribution in [0.2, 0.25) is 0 Å². The van der Waals surface area contributed by atoms with Gasteiger partial charge in [-0.05, 0) is 53.1 Å². The van der Waals surface area contributed by atoms with Crippen LogP contribution >= 0.6 is 0 Å². The number of hydrogen-bond acceptors (Lipinski definition) is 4. The summed E-state index contributed by atoms with van der Waals surface area (Å²) < 4.78 is 0. The number of fused-ring (bicyclic) bond motifs is 4. The van der Waals surface area contributed by atoms with Gasteiger partial charge in [0.1, 0.15) is 0 Å². The number of phenols is 2. The predicted octanol–water partition coefficient (Wildman–Crippen LogP) is 2.63. The van der Waals surface area contributed by atoms with Gasteiger partial charge in [0.2, 0.25) is 11.8 Å². The van der Waals surface area contributed by atoms with E-state index in [4.69, 9.17) is 11.5 Å². The highest BCUT2D eigenvalue weighted by Crippen LogP contribution is 2.53. The third-order valence-corrected chi connectivity index (χ3v) is 4.10. The van der Waals surface area contributed by atoms with E-state index in [1.54, 1.807) is 0 Å². The minimum absolute atomic E-state index is 0.0128. The van der Waals surface area contributed by atoms with Crippen molar-refractivity contribution in [3.8, 4) is 33.8 Å². The summed E-state index contributed by atoms with van der Waals surface area (Å²) >= 11 is 0. The van der Waals surface area contributed by atoms with E-state index >= 15 is 0 Å². The minimum atomic E-state index is -0.522. The van der Waals surface area contributed by atoms with Gasteiger partial charge in [-0.1, -0.05) is 24.3 Å². The maximum Gasteiger partial charge on any atom is 0.248 e. The third kappa shape index (κ3) is 2.95. The van der Waals surface area contributed by atoms with E-state index in [9.17, 15) is 19.8 Å². The van der Waals surface area contributed by atoms with Gasteiger partial charge in [-0.3, -0.25) is 9.59 Å². The molecule has 6 heteroatoms. The lowest BCUT2D eigenvalue weighted by molar-refractivity contribution is 0.0988. The van der Waals surface area contributed by atoms with Gasteiger partial charge < -0.3 is 21.7 Å². The predicted molar refractivity (Wildman–Crippen MR) is 97.7 cm³/mol. The van der Waals surface area contributed by atoms with Crippen LogP contribution in [0.25, 0.3) is 22.3 Å². The number of primary amides is 2. The van der Waals surface area contributed by atoms with Gasteiger partial charge in [0, 0.05) is 16.7 Å². The molecule has 0 unspecified atom stereocenters. The lowest BCUT2D eigenvalue weighted by Gasteiger charge is -2.24. The molecule has 26 heavy (non-hydrogen) atoms. The molecule has 3 aromatic carbocycles. The second-order valence-corrected chi connectivity index (χ2v) is 5.71. The number of hydrogen-bond donors (Lipinski definition) is 4. The fourth-order valence-electron chi connectivity index (χ4n) is 2.75. The summed E-state index contributed by atoms with van der Waals surface area (Å²) in [7, 11) is 0. The molecule has 0 bridgehead atoms. The number of amides is 2. The summed E-state index contributed by atoms with van der Waals surface area (Å²) in [6, 6.07) is 17.0. The van der Waals surface area contributed by atoms with Gasteiger partial charge in [0.15, 0.2) is 11.5 Å². The van der Waals surface area contributed by atoms with Crippen LogP contribution in [0, 0.1) is 0 Å². The van der Waals surface area contributed by atoms with Crippen LogP contribution in [-0.4, -0.2) is 22.0 Å². The number of aromatic hydroxyl groups is 2. The van der Waals surface area contributed by atoms with E-state index in [1.165, 1.54) is 30.3 Å². The van der Waals surface area contributed by atoms with Gasteiger partial charge in [-0.2, -0.15) is 0 Å². The Labute approximate surface area is 149 Å². The average molecular weight is 348 g/mol.